The van der Waals surface area contributed by atoms with Crippen LogP contribution in [0.15, 0.2) is 16.2 Å². The SMILES string of the molecule is Cc1noc(C)c1C(=O)O[C@H]1C(C)C[C@]23C(=O)[C@@H](C=C(CO)[C@@H](O)[C@]12O)[C@H]1[C@@H](C[C@H]3C)C1(C)C. The molecule has 0 amide bonds. The molecule has 0 aromatic carbocycles. The van der Waals surface area contributed by atoms with Crippen LogP contribution < -0.4 is 0 Å². The number of rotatable bonds is 3. The van der Waals surface area contributed by atoms with E-state index in [2.05, 4.69) is 19.0 Å². The van der Waals surface area contributed by atoms with Gasteiger partial charge in [0, 0.05) is 5.92 Å². The topological polar surface area (TPSA) is 130 Å². The van der Waals surface area contributed by atoms with Crippen LogP contribution in [-0.2, 0) is 9.53 Å². The van der Waals surface area contributed by atoms with E-state index in [1.807, 2.05) is 13.8 Å². The van der Waals surface area contributed by atoms with Crippen molar-refractivity contribution < 1.29 is 34.2 Å². The third kappa shape index (κ3) is 2.67. The van der Waals surface area contributed by atoms with Crippen LogP contribution in [0.4, 0.5) is 0 Å². The van der Waals surface area contributed by atoms with Gasteiger partial charge < -0.3 is 24.6 Å². The van der Waals surface area contributed by atoms with Crippen molar-refractivity contribution in [1.29, 1.82) is 0 Å². The number of Topliss-reactive ketones (excluding diaryl/α,β-unsaturated/α-hetero) is 1. The maximum Gasteiger partial charge on any atom is 0.344 e. The van der Waals surface area contributed by atoms with Gasteiger partial charge in [0.2, 0.25) is 0 Å². The fraction of sp³-hybridized carbons (Fsp3) is 0.731. The Bertz CT molecular complexity index is 1070. The number of allylic oxidation sites excluding steroid dienone is 1. The Balaban J connectivity index is 1.64. The quantitative estimate of drug-likeness (QED) is 0.451. The van der Waals surface area contributed by atoms with Gasteiger partial charge in [0.05, 0.1) is 17.7 Å². The number of carbonyl (C=O) groups is 2. The molecule has 4 aliphatic rings. The molecule has 3 N–H and O–H groups in total. The van der Waals surface area contributed by atoms with Gasteiger partial charge in [-0.1, -0.05) is 38.9 Å². The largest absolute Gasteiger partial charge is 0.455 e. The molecule has 1 aromatic heterocycles. The van der Waals surface area contributed by atoms with Crippen LogP contribution in [0.5, 0.6) is 0 Å². The molecule has 9 atom stereocenters. The van der Waals surface area contributed by atoms with Gasteiger partial charge in [-0.2, -0.15) is 0 Å². The summed E-state index contributed by atoms with van der Waals surface area (Å²) in [6, 6.07) is 0. The van der Waals surface area contributed by atoms with E-state index in [1.165, 1.54) is 0 Å². The van der Waals surface area contributed by atoms with Crippen molar-refractivity contribution in [3.05, 3.63) is 28.7 Å². The number of carbonyl (C=O) groups excluding carboxylic acids is 2. The molecule has 0 saturated heterocycles. The Morgan fingerprint density at radius 1 is 1.29 bits per heavy atom. The molecule has 1 heterocycles. The predicted octanol–water partition coefficient (Wildman–Crippen LogP) is 2.36. The molecule has 1 aromatic rings. The van der Waals surface area contributed by atoms with Gasteiger partial charge in [0.25, 0.3) is 0 Å². The van der Waals surface area contributed by atoms with Crippen molar-refractivity contribution in [3.8, 4) is 0 Å². The number of esters is 1. The lowest BCUT2D eigenvalue weighted by Gasteiger charge is -2.48. The van der Waals surface area contributed by atoms with E-state index >= 15 is 0 Å². The Hall–Kier alpha value is -2.03. The fourth-order valence-corrected chi connectivity index (χ4v) is 8.07. The van der Waals surface area contributed by atoms with Gasteiger partial charge in [-0.05, 0) is 61.3 Å². The summed E-state index contributed by atoms with van der Waals surface area (Å²) in [5.74, 6) is -1.24. The van der Waals surface area contributed by atoms with E-state index in [0.717, 1.165) is 6.42 Å². The first-order valence-electron chi connectivity index (χ1n) is 12.2. The van der Waals surface area contributed by atoms with Crippen LogP contribution in [-0.4, -0.2) is 56.6 Å². The van der Waals surface area contributed by atoms with Gasteiger partial charge in [0.15, 0.2) is 0 Å². The van der Waals surface area contributed by atoms with Gasteiger partial charge in [-0.25, -0.2) is 4.79 Å². The summed E-state index contributed by atoms with van der Waals surface area (Å²) in [6.45, 7) is 10.9. The number of hydrogen-bond acceptors (Lipinski definition) is 8. The third-order valence-electron chi connectivity index (χ3n) is 9.84. The number of ether oxygens (including phenoxy) is 1. The average Bonchev–Trinajstić information content (AvgIpc) is 3.05. The minimum absolute atomic E-state index is 0.0277. The van der Waals surface area contributed by atoms with Crippen molar-refractivity contribution in [1.82, 2.24) is 5.16 Å². The molecule has 186 valence electrons. The Kier molecular flexibility index (Phi) is 5.05. The summed E-state index contributed by atoms with van der Waals surface area (Å²) >= 11 is 0. The lowest BCUT2D eigenvalue weighted by molar-refractivity contribution is -0.198. The summed E-state index contributed by atoms with van der Waals surface area (Å²) < 4.78 is 11.0. The molecule has 8 heteroatoms. The highest BCUT2D eigenvalue weighted by molar-refractivity contribution is 5.94. The maximum absolute atomic E-state index is 14.3. The van der Waals surface area contributed by atoms with E-state index in [-0.39, 0.29) is 34.2 Å². The monoisotopic (exact) mass is 473 g/mol. The normalized spacial score (nSPS) is 44.4. The van der Waals surface area contributed by atoms with Crippen molar-refractivity contribution in [3.63, 3.8) is 0 Å². The Labute approximate surface area is 199 Å². The number of aliphatic hydroxyl groups excluding tert-OH is 2. The number of aryl methyl sites for hydroxylation is 2. The number of aliphatic hydroxyl groups is 3. The molecule has 4 aliphatic carbocycles. The highest BCUT2D eigenvalue weighted by Gasteiger charge is 2.78. The predicted molar refractivity (Wildman–Crippen MR) is 121 cm³/mol. The molecule has 5 rings (SSSR count). The fourth-order valence-electron chi connectivity index (χ4n) is 8.07. The number of aromatic nitrogens is 1. The molecule has 1 unspecified atom stereocenters. The first kappa shape index (κ1) is 23.7. The number of nitrogens with zero attached hydrogens (tertiary/aromatic N) is 1. The van der Waals surface area contributed by atoms with Crippen LogP contribution in [0.25, 0.3) is 0 Å². The van der Waals surface area contributed by atoms with Crippen LogP contribution in [0.3, 0.4) is 0 Å². The molecule has 3 fully saturated rings. The van der Waals surface area contributed by atoms with Gasteiger partial charge >= 0.3 is 5.97 Å². The summed E-state index contributed by atoms with van der Waals surface area (Å²) in [6.07, 6.45) is 0.0381. The smallest absolute Gasteiger partial charge is 0.344 e. The van der Waals surface area contributed by atoms with Crippen LogP contribution in [0.1, 0.15) is 62.3 Å². The van der Waals surface area contributed by atoms with Gasteiger partial charge in [-0.15, -0.1) is 0 Å². The molecule has 0 radical (unpaired) electrons. The van der Waals surface area contributed by atoms with E-state index < -0.39 is 47.6 Å². The van der Waals surface area contributed by atoms with Gasteiger partial charge in [0.1, 0.15) is 34.9 Å². The average molecular weight is 474 g/mol. The second-order valence-electron chi connectivity index (χ2n) is 11.8. The first-order chi connectivity index (χ1) is 15.8. The van der Waals surface area contributed by atoms with Crippen LogP contribution >= 0.6 is 0 Å². The molecule has 2 bridgehead atoms. The molecule has 0 aliphatic heterocycles. The lowest BCUT2D eigenvalue weighted by atomic mass is 9.59. The van der Waals surface area contributed by atoms with Crippen molar-refractivity contribution in [2.24, 2.45) is 40.4 Å². The third-order valence-corrected chi connectivity index (χ3v) is 9.84. The standard InChI is InChI=1S/C26H35NO7/c1-11-9-25-12(2)7-17-19(24(17,5)6)16(21(25)30)8-15(10-28)20(29)26(25,32)22(11)33-23(31)18-13(3)27-34-14(18)4/h8,11-12,16-17,19-20,22,28-29,32H,7,9-10H2,1-6H3/t11?,12-,16+,17-,19+,20-,22+,25+,26+/m1/s1. The van der Waals surface area contributed by atoms with Crippen molar-refractivity contribution >= 4 is 11.8 Å². The van der Waals surface area contributed by atoms with E-state index in [4.69, 9.17) is 9.26 Å². The zero-order valence-corrected chi connectivity index (χ0v) is 20.7. The second kappa shape index (κ2) is 7.24. The highest BCUT2D eigenvalue weighted by atomic mass is 16.6. The molecule has 1 spiro atoms. The van der Waals surface area contributed by atoms with Gasteiger partial charge in [-0.3, -0.25) is 4.79 Å². The summed E-state index contributed by atoms with van der Waals surface area (Å²) in [5, 5.41) is 38.0. The molecule has 8 nitrogen and oxygen atoms in total. The molecular formula is C26H35NO7. The minimum atomic E-state index is -2.07. The van der Waals surface area contributed by atoms with Crippen LogP contribution in [0.2, 0.25) is 0 Å². The van der Waals surface area contributed by atoms with Crippen molar-refractivity contribution in [2.45, 2.75) is 72.2 Å². The summed E-state index contributed by atoms with van der Waals surface area (Å²) in [7, 11) is 0. The van der Waals surface area contributed by atoms with Crippen molar-refractivity contribution in [2.75, 3.05) is 6.61 Å². The number of fused-ring (bicyclic) bond motifs is 3. The lowest BCUT2D eigenvalue weighted by Crippen LogP contribution is -2.65. The zero-order valence-electron chi connectivity index (χ0n) is 20.7. The van der Waals surface area contributed by atoms with E-state index in [9.17, 15) is 24.9 Å². The molecular weight excluding hydrogens is 438 g/mol. The van der Waals surface area contributed by atoms with Crippen LogP contribution in [0, 0.1) is 54.3 Å². The number of ketones is 1. The zero-order chi connectivity index (χ0) is 25.0. The minimum Gasteiger partial charge on any atom is -0.455 e. The highest BCUT2D eigenvalue weighted by Crippen LogP contribution is 2.72. The number of hydrogen-bond donors (Lipinski definition) is 3. The maximum atomic E-state index is 14.3. The Morgan fingerprint density at radius 2 is 1.97 bits per heavy atom. The molecule has 34 heavy (non-hydrogen) atoms. The summed E-state index contributed by atoms with van der Waals surface area (Å²) in [4.78, 5) is 27.5. The Morgan fingerprint density at radius 3 is 2.56 bits per heavy atom. The second-order valence-corrected chi connectivity index (χ2v) is 11.8. The molecule has 3 saturated carbocycles. The summed E-state index contributed by atoms with van der Waals surface area (Å²) in [5.41, 5.74) is -2.63. The van der Waals surface area contributed by atoms with E-state index in [1.54, 1.807) is 19.9 Å². The van der Waals surface area contributed by atoms with E-state index in [0.29, 0.717) is 23.8 Å². The first-order valence-corrected chi connectivity index (χ1v) is 12.2.